The minimum atomic E-state index is -4.65. The smallest absolute Gasteiger partial charge is 0.329 e. The zero-order chi connectivity index (χ0) is 19.5. The van der Waals surface area contributed by atoms with Crippen molar-refractivity contribution in [1.29, 1.82) is 0 Å². The van der Waals surface area contributed by atoms with E-state index in [1.165, 1.54) is 11.4 Å². The molecule has 0 unspecified atom stereocenters. The lowest BCUT2D eigenvalue weighted by molar-refractivity contribution is -0.124. The van der Waals surface area contributed by atoms with Gasteiger partial charge in [0.05, 0.1) is 5.02 Å². The third-order valence-corrected chi connectivity index (χ3v) is 3.16. The van der Waals surface area contributed by atoms with E-state index in [4.69, 9.17) is 11.6 Å². The van der Waals surface area contributed by atoms with Crippen LogP contribution in [0.3, 0.4) is 0 Å². The number of urea groups is 1. The number of amides is 3. The number of halogens is 5. The number of hydrogen-bond acceptors (Lipinski definition) is 5. The quantitative estimate of drug-likeness (QED) is 0.765. The van der Waals surface area contributed by atoms with Crippen LogP contribution in [0.4, 0.5) is 22.4 Å². The summed E-state index contributed by atoms with van der Waals surface area (Å²) < 4.78 is 54.2. The van der Waals surface area contributed by atoms with E-state index in [0.29, 0.717) is 4.57 Å². The lowest BCUT2D eigenvalue weighted by Gasteiger charge is -2.09. The topological polar surface area (TPSA) is 106 Å². The van der Waals surface area contributed by atoms with Crippen molar-refractivity contribution in [2.24, 2.45) is 0 Å². The molecule has 2 N–H and O–H groups in total. The summed E-state index contributed by atoms with van der Waals surface area (Å²) in [5, 5.41) is 6.18. The summed E-state index contributed by atoms with van der Waals surface area (Å²) >= 11 is 5.62. The van der Waals surface area contributed by atoms with E-state index in [1.807, 2.05) is 0 Å². The molecule has 0 spiro atoms. The average molecular weight is 397 g/mol. The molecule has 0 saturated carbocycles. The molecule has 0 aliphatic rings. The van der Waals surface area contributed by atoms with Crippen molar-refractivity contribution in [3.63, 3.8) is 0 Å². The Hall–Kier alpha value is -2.89. The molecule has 140 valence electrons. The maximum absolute atomic E-state index is 13.2. The van der Waals surface area contributed by atoms with Crippen LogP contribution in [0.2, 0.25) is 5.02 Å². The standard InChI is InChI=1S/C13H9ClF4N4O4/c14-7-3-6(1-2-8(7)15)10-21-26-12(25)22(10)4-9(23)20-11(24)19-5-13(16,17)18/h1-3H,4-5H2,(H2,19,20,23,24). The predicted octanol–water partition coefficient (Wildman–Crippen LogP) is 1.68. The Morgan fingerprint density at radius 1 is 1.31 bits per heavy atom. The van der Waals surface area contributed by atoms with Gasteiger partial charge >= 0.3 is 18.0 Å². The van der Waals surface area contributed by atoms with Gasteiger partial charge in [0.2, 0.25) is 5.91 Å². The second kappa shape index (κ2) is 7.56. The first-order valence-electron chi connectivity index (χ1n) is 6.73. The molecule has 0 atom stereocenters. The van der Waals surface area contributed by atoms with Gasteiger partial charge in [0.25, 0.3) is 0 Å². The van der Waals surface area contributed by atoms with Crippen molar-refractivity contribution in [3.05, 3.63) is 39.6 Å². The fourth-order valence-corrected chi connectivity index (χ4v) is 1.97. The van der Waals surface area contributed by atoms with Crippen LogP contribution in [0.25, 0.3) is 11.4 Å². The molecule has 1 aromatic heterocycles. The summed E-state index contributed by atoms with van der Waals surface area (Å²) in [7, 11) is 0. The van der Waals surface area contributed by atoms with Crippen LogP contribution < -0.4 is 16.4 Å². The van der Waals surface area contributed by atoms with Crippen LogP contribution in [0, 0.1) is 5.82 Å². The largest absolute Gasteiger partial charge is 0.442 e. The van der Waals surface area contributed by atoms with Gasteiger partial charge in [0.1, 0.15) is 18.9 Å². The highest BCUT2D eigenvalue weighted by atomic mass is 35.5. The number of carbonyl (C=O) groups is 2. The molecule has 0 aliphatic heterocycles. The van der Waals surface area contributed by atoms with Gasteiger partial charge in [-0.1, -0.05) is 16.8 Å². The van der Waals surface area contributed by atoms with Crippen LogP contribution in [0.1, 0.15) is 0 Å². The first-order valence-corrected chi connectivity index (χ1v) is 7.11. The molecule has 0 fully saturated rings. The molecule has 0 saturated heterocycles. The number of rotatable bonds is 4. The van der Waals surface area contributed by atoms with Crippen molar-refractivity contribution < 1.29 is 31.7 Å². The molecule has 2 aromatic rings. The lowest BCUT2D eigenvalue weighted by atomic mass is 10.2. The van der Waals surface area contributed by atoms with Gasteiger partial charge in [-0.05, 0) is 18.2 Å². The highest BCUT2D eigenvalue weighted by Crippen LogP contribution is 2.22. The van der Waals surface area contributed by atoms with E-state index in [0.717, 1.165) is 12.1 Å². The monoisotopic (exact) mass is 396 g/mol. The van der Waals surface area contributed by atoms with Crippen LogP contribution in [-0.2, 0) is 11.3 Å². The third kappa shape index (κ3) is 5.05. The van der Waals surface area contributed by atoms with E-state index in [2.05, 4.69) is 9.68 Å². The maximum atomic E-state index is 13.2. The summed E-state index contributed by atoms with van der Waals surface area (Å²) in [5.74, 6) is -3.11. The van der Waals surface area contributed by atoms with Crippen LogP contribution >= 0.6 is 11.6 Å². The van der Waals surface area contributed by atoms with Crippen molar-refractivity contribution in [1.82, 2.24) is 20.4 Å². The van der Waals surface area contributed by atoms with E-state index >= 15 is 0 Å². The van der Waals surface area contributed by atoms with Gasteiger partial charge in [0.15, 0.2) is 5.82 Å². The molecule has 26 heavy (non-hydrogen) atoms. The van der Waals surface area contributed by atoms with E-state index in [9.17, 15) is 31.9 Å². The first-order chi connectivity index (χ1) is 12.1. The maximum Gasteiger partial charge on any atom is 0.442 e. The van der Waals surface area contributed by atoms with Gasteiger partial charge in [-0.15, -0.1) is 0 Å². The Balaban J connectivity index is 2.11. The first kappa shape index (κ1) is 19.4. The zero-order valence-electron chi connectivity index (χ0n) is 12.6. The van der Waals surface area contributed by atoms with Gasteiger partial charge < -0.3 is 5.32 Å². The second-order valence-electron chi connectivity index (χ2n) is 4.83. The van der Waals surface area contributed by atoms with E-state index < -0.39 is 42.8 Å². The third-order valence-electron chi connectivity index (χ3n) is 2.87. The number of aromatic nitrogens is 2. The highest BCUT2D eigenvalue weighted by molar-refractivity contribution is 6.31. The molecule has 1 heterocycles. The van der Waals surface area contributed by atoms with Crippen LogP contribution in [-0.4, -0.2) is 34.4 Å². The Morgan fingerprint density at radius 3 is 2.62 bits per heavy atom. The predicted molar refractivity (Wildman–Crippen MR) is 78.8 cm³/mol. The van der Waals surface area contributed by atoms with E-state index in [1.54, 1.807) is 5.32 Å². The van der Waals surface area contributed by atoms with Crippen molar-refractivity contribution in [3.8, 4) is 11.4 Å². The van der Waals surface area contributed by atoms with E-state index in [-0.39, 0.29) is 16.4 Å². The normalized spacial score (nSPS) is 11.3. The highest BCUT2D eigenvalue weighted by Gasteiger charge is 2.28. The molecule has 0 bridgehead atoms. The SMILES string of the molecule is O=C(Cn1c(-c2ccc(F)c(Cl)c2)noc1=O)NC(=O)NCC(F)(F)F. The molecule has 0 radical (unpaired) electrons. The van der Waals surface area contributed by atoms with Gasteiger partial charge in [-0.2, -0.15) is 13.2 Å². The Bertz CT molecular complexity index is 893. The summed E-state index contributed by atoms with van der Waals surface area (Å²) in [6, 6.07) is 1.93. The Labute approximate surface area is 146 Å². The Morgan fingerprint density at radius 2 is 2.00 bits per heavy atom. The molecule has 3 amide bonds. The number of nitrogens with zero attached hydrogens (tertiary/aromatic N) is 2. The summed E-state index contributed by atoms with van der Waals surface area (Å²) in [5.41, 5.74) is 0.136. The number of imide groups is 1. The molecule has 1 aromatic carbocycles. The number of carbonyl (C=O) groups excluding carboxylic acids is 2. The van der Waals surface area contributed by atoms with Gasteiger partial charge in [-0.3, -0.25) is 14.6 Å². The lowest BCUT2D eigenvalue weighted by Crippen LogP contribution is -2.44. The number of hydrogen-bond donors (Lipinski definition) is 2. The van der Waals surface area contributed by atoms with Crippen molar-refractivity contribution in [2.75, 3.05) is 6.54 Å². The molecule has 13 heteroatoms. The minimum absolute atomic E-state index is 0.136. The van der Waals surface area contributed by atoms with Crippen molar-refractivity contribution >= 4 is 23.5 Å². The minimum Gasteiger partial charge on any atom is -0.329 e. The second-order valence-corrected chi connectivity index (χ2v) is 5.24. The molecule has 8 nitrogen and oxygen atoms in total. The molecular weight excluding hydrogens is 388 g/mol. The average Bonchev–Trinajstić information content (AvgIpc) is 2.88. The molecular formula is C13H9ClF4N4O4. The summed E-state index contributed by atoms with van der Waals surface area (Å²) in [6.07, 6.45) is -4.65. The number of benzene rings is 1. The van der Waals surface area contributed by atoms with Gasteiger partial charge in [-0.25, -0.2) is 18.5 Å². The fraction of sp³-hybridized carbons (Fsp3) is 0.231. The molecule has 2 rings (SSSR count). The number of alkyl halides is 3. The Kier molecular flexibility index (Phi) is 5.65. The van der Waals surface area contributed by atoms with Crippen molar-refractivity contribution in [2.45, 2.75) is 12.7 Å². The van der Waals surface area contributed by atoms with Gasteiger partial charge in [0, 0.05) is 5.56 Å². The number of nitrogens with one attached hydrogen (secondary N) is 2. The molecule has 0 aliphatic carbocycles. The fourth-order valence-electron chi connectivity index (χ4n) is 1.78. The summed E-state index contributed by atoms with van der Waals surface area (Å²) in [6.45, 7) is -2.43. The summed E-state index contributed by atoms with van der Waals surface area (Å²) in [4.78, 5) is 34.6. The zero-order valence-corrected chi connectivity index (χ0v) is 13.3. The van der Waals surface area contributed by atoms with Crippen LogP contribution in [0.15, 0.2) is 27.5 Å². The van der Waals surface area contributed by atoms with Crippen LogP contribution in [0.5, 0.6) is 0 Å².